The molecule has 1 aromatic rings. The minimum absolute atomic E-state index is 0.0268. The lowest BCUT2D eigenvalue weighted by molar-refractivity contribution is -0.387. The van der Waals surface area contributed by atoms with Crippen LogP contribution in [0, 0.1) is 15.9 Å². The molecule has 116 valence electrons. The molecule has 0 bridgehead atoms. The van der Waals surface area contributed by atoms with E-state index in [0.29, 0.717) is 19.3 Å². The molecule has 1 atom stereocenters. The molecule has 0 saturated carbocycles. The van der Waals surface area contributed by atoms with Crippen LogP contribution in [0.3, 0.4) is 0 Å². The van der Waals surface area contributed by atoms with E-state index >= 15 is 0 Å². The number of rotatable bonds is 5. The van der Waals surface area contributed by atoms with E-state index in [1.54, 1.807) is 0 Å². The highest BCUT2D eigenvalue weighted by Gasteiger charge is 2.22. The molecule has 1 aliphatic heterocycles. The lowest BCUT2D eigenvalue weighted by Gasteiger charge is -2.23. The molecule has 0 amide bonds. The Morgan fingerprint density at radius 3 is 2.76 bits per heavy atom. The van der Waals surface area contributed by atoms with Gasteiger partial charge in [0.1, 0.15) is 0 Å². The second-order valence-electron chi connectivity index (χ2n) is 4.29. The van der Waals surface area contributed by atoms with Crippen LogP contribution in [0.15, 0.2) is 23.1 Å². The molecule has 1 fully saturated rings. The Labute approximate surface area is 120 Å². The molecule has 1 aromatic carbocycles. The van der Waals surface area contributed by atoms with Gasteiger partial charge in [-0.05, 0) is 6.07 Å². The second-order valence-corrected chi connectivity index (χ2v) is 6.06. The Kier molecular flexibility index (Phi) is 4.83. The number of nitrogens with zero attached hydrogens (tertiary/aromatic N) is 1. The van der Waals surface area contributed by atoms with Gasteiger partial charge in [-0.2, -0.15) is 4.39 Å². The highest BCUT2D eigenvalue weighted by atomic mass is 32.2. The number of hydrogen-bond acceptors (Lipinski definition) is 6. The van der Waals surface area contributed by atoms with Gasteiger partial charge >= 0.3 is 5.69 Å². The molecule has 10 heteroatoms. The summed E-state index contributed by atoms with van der Waals surface area (Å²) in [7, 11) is -3.97. The molecule has 2 rings (SSSR count). The molecular formula is C11H13FN2O6S. The number of nitrogens with one attached hydrogen (secondary N) is 1. The smallest absolute Gasteiger partial charge is 0.304 e. The molecule has 1 aliphatic rings. The Bertz CT molecular complexity index is 630. The normalized spacial score (nSPS) is 19.4. The Balaban J connectivity index is 2.08. The van der Waals surface area contributed by atoms with Gasteiger partial charge < -0.3 is 9.47 Å². The summed E-state index contributed by atoms with van der Waals surface area (Å²) in [5.41, 5.74) is -0.780. The van der Waals surface area contributed by atoms with Crippen LogP contribution in [0.2, 0.25) is 0 Å². The van der Waals surface area contributed by atoms with Gasteiger partial charge in [0, 0.05) is 18.7 Å². The molecule has 8 nitrogen and oxygen atoms in total. The molecular weight excluding hydrogens is 307 g/mol. The second kappa shape index (κ2) is 6.43. The molecule has 1 unspecified atom stereocenters. The van der Waals surface area contributed by atoms with Gasteiger partial charge in [-0.1, -0.05) is 0 Å². The summed E-state index contributed by atoms with van der Waals surface area (Å²) in [6.45, 7) is 1.06. The largest absolute Gasteiger partial charge is 0.376 e. The van der Waals surface area contributed by atoms with Gasteiger partial charge in [0.2, 0.25) is 15.8 Å². The van der Waals surface area contributed by atoms with Gasteiger partial charge in [-0.25, -0.2) is 13.1 Å². The van der Waals surface area contributed by atoms with Crippen LogP contribution in [-0.4, -0.2) is 45.8 Å². The average molecular weight is 320 g/mol. The monoisotopic (exact) mass is 320 g/mol. The van der Waals surface area contributed by atoms with Crippen molar-refractivity contribution in [2.24, 2.45) is 0 Å². The van der Waals surface area contributed by atoms with E-state index in [9.17, 15) is 22.9 Å². The van der Waals surface area contributed by atoms with E-state index in [1.165, 1.54) is 0 Å². The van der Waals surface area contributed by atoms with Gasteiger partial charge in [0.15, 0.2) is 0 Å². The fourth-order valence-electron chi connectivity index (χ4n) is 1.74. The summed E-state index contributed by atoms with van der Waals surface area (Å²) < 4.78 is 50.0. The van der Waals surface area contributed by atoms with E-state index in [1.807, 2.05) is 0 Å². The lowest BCUT2D eigenvalue weighted by atomic mass is 10.3. The Hall–Kier alpha value is -1.62. The maximum atomic E-state index is 13.4. The zero-order valence-corrected chi connectivity index (χ0v) is 11.6. The number of sulfonamides is 1. The highest BCUT2D eigenvalue weighted by Crippen LogP contribution is 2.20. The van der Waals surface area contributed by atoms with E-state index in [4.69, 9.17) is 9.47 Å². The topological polar surface area (TPSA) is 108 Å². The van der Waals surface area contributed by atoms with Crippen LogP contribution in [-0.2, 0) is 19.5 Å². The molecule has 0 aliphatic carbocycles. The molecule has 1 heterocycles. The summed E-state index contributed by atoms with van der Waals surface area (Å²) in [4.78, 5) is 9.17. The summed E-state index contributed by atoms with van der Waals surface area (Å²) in [5, 5.41) is 10.5. The zero-order valence-electron chi connectivity index (χ0n) is 10.8. The van der Waals surface area contributed by atoms with E-state index in [0.717, 1.165) is 12.1 Å². The van der Waals surface area contributed by atoms with Crippen molar-refractivity contribution in [1.82, 2.24) is 4.72 Å². The van der Waals surface area contributed by atoms with Crippen molar-refractivity contribution >= 4 is 15.7 Å². The fourth-order valence-corrected chi connectivity index (χ4v) is 2.82. The molecule has 0 radical (unpaired) electrons. The Morgan fingerprint density at radius 1 is 1.43 bits per heavy atom. The SMILES string of the molecule is O=[N+]([O-])c1ccc(S(=O)(=O)NCC2COCCO2)cc1F. The number of ether oxygens (including phenoxy) is 2. The molecule has 1 saturated heterocycles. The minimum atomic E-state index is -3.97. The third kappa shape index (κ3) is 3.94. The summed E-state index contributed by atoms with van der Waals surface area (Å²) in [6, 6.07) is 2.39. The highest BCUT2D eigenvalue weighted by molar-refractivity contribution is 7.89. The van der Waals surface area contributed by atoms with E-state index < -0.39 is 32.6 Å². The maximum Gasteiger partial charge on any atom is 0.304 e. The van der Waals surface area contributed by atoms with Crippen molar-refractivity contribution in [2.75, 3.05) is 26.4 Å². The predicted molar refractivity (Wildman–Crippen MR) is 68.8 cm³/mol. The number of halogens is 1. The quantitative estimate of drug-likeness (QED) is 0.622. The van der Waals surface area contributed by atoms with Crippen LogP contribution in [0.5, 0.6) is 0 Å². The molecule has 0 aromatic heterocycles. The lowest BCUT2D eigenvalue weighted by Crippen LogP contribution is -2.39. The van der Waals surface area contributed by atoms with Gasteiger partial charge in [0.05, 0.1) is 35.7 Å². The van der Waals surface area contributed by atoms with Crippen molar-refractivity contribution in [3.05, 3.63) is 34.1 Å². The summed E-state index contributed by atoms with van der Waals surface area (Å²) >= 11 is 0. The summed E-state index contributed by atoms with van der Waals surface area (Å²) in [6.07, 6.45) is -0.420. The van der Waals surface area contributed by atoms with Crippen LogP contribution < -0.4 is 4.72 Å². The number of nitro groups is 1. The summed E-state index contributed by atoms with van der Waals surface area (Å²) in [5.74, 6) is -1.21. The molecule has 1 N–H and O–H groups in total. The number of benzene rings is 1. The maximum absolute atomic E-state index is 13.4. The van der Waals surface area contributed by atoms with Crippen molar-refractivity contribution in [3.63, 3.8) is 0 Å². The standard InChI is InChI=1S/C11H13FN2O6S/c12-10-5-9(1-2-11(10)14(15)16)21(17,18)13-6-8-7-19-3-4-20-8/h1-2,5,8,13H,3-4,6-7H2. The third-order valence-corrected chi connectivity index (χ3v) is 4.23. The van der Waals surface area contributed by atoms with Gasteiger partial charge in [0.25, 0.3) is 0 Å². The van der Waals surface area contributed by atoms with Crippen molar-refractivity contribution < 1.29 is 27.2 Å². The fraction of sp³-hybridized carbons (Fsp3) is 0.455. The molecule has 21 heavy (non-hydrogen) atoms. The first-order valence-corrected chi connectivity index (χ1v) is 7.51. The van der Waals surface area contributed by atoms with E-state index in [2.05, 4.69) is 4.72 Å². The Morgan fingerprint density at radius 2 is 2.19 bits per heavy atom. The van der Waals surface area contributed by atoms with Gasteiger partial charge in [-0.15, -0.1) is 0 Å². The molecule has 0 spiro atoms. The first-order chi connectivity index (χ1) is 9.90. The zero-order chi connectivity index (χ0) is 15.5. The van der Waals surface area contributed by atoms with Crippen LogP contribution >= 0.6 is 0 Å². The van der Waals surface area contributed by atoms with Crippen LogP contribution in [0.25, 0.3) is 0 Å². The first-order valence-electron chi connectivity index (χ1n) is 6.03. The van der Waals surface area contributed by atoms with Gasteiger partial charge in [-0.3, -0.25) is 10.1 Å². The van der Waals surface area contributed by atoms with Crippen molar-refractivity contribution in [2.45, 2.75) is 11.0 Å². The number of nitro benzene ring substituents is 1. The third-order valence-electron chi connectivity index (χ3n) is 2.81. The van der Waals surface area contributed by atoms with E-state index in [-0.39, 0.29) is 18.0 Å². The first kappa shape index (κ1) is 15.8. The number of hydrogen-bond donors (Lipinski definition) is 1. The minimum Gasteiger partial charge on any atom is -0.376 e. The predicted octanol–water partition coefficient (Wildman–Crippen LogP) is 0.428. The van der Waals surface area contributed by atoms with Crippen molar-refractivity contribution in [1.29, 1.82) is 0 Å². The van der Waals surface area contributed by atoms with Crippen molar-refractivity contribution in [3.8, 4) is 0 Å². The van der Waals surface area contributed by atoms with Crippen LogP contribution in [0.4, 0.5) is 10.1 Å². The average Bonchev–Trinajstić information content (AvgIpc) is 2.46. The van der Waals surface area contributed by atoms with Crippen LogP contribution in [0.1, 0.15) is 0 Å².